The number of amides is 2. The van der Waals surface area contributed by atoms with Crippen LogP contribution in [0, 0.1) is 23.7 Å². The van der Waals surface area contributed by atoms with Crippen LogP contribution in [-0.4, -0.2) is 77.4 Å². The molecule has 2 aliphatic carbocycles. The molecule has 3 aliphatic rings. The molecule has 0 spiro atoms. The summed E-state index contributed by atoms with van der Waals surface area (Å²) in [6, 6.07) is 3.67. The Balaban J connectivity index is 1.40. The third-order valence-corrected chi connectivity index (χ3v) is 9.98. The van der Waals surface area contributed by atoms with Gasteiger partial charge in [-0.05, 0) is 80.9 Å². The van der Waals surface area contributed by atoms with Gasteiger partial charge in [-0.3, -0.25) is 4.79 Å². The molecule has 1 N–H and O–H groups in total. The van der Waals surface area contributed by atoms with Crippen LogP contribution >= 0.6 is 0 Å². The highest BCUT2D eigenvalue weighted by molar-refractivity contribution is 5.91. The van der Waals surface area contributed by atoms with Gasteiger partial charge < -0.3 is 29.2 Å². The third-order valence-electron chi connectivity index (χ3n) is 9.98. The molecule has 6 atom stereocenters. The minimum absolute atomic E-state index is 0.0660. The standard InChI is InChI=1S/C38H52N4O7/c1-7-10-11-16-25-19-31(25)49-38(45)41-33(24-14-12-13-15-24)36(43)42-21-32(27(8-2)34(42)37(44)47-22-23(4)5)48-35-28(9-3)39-29-18-17-26(46-6)20-30(29)40-35/h7,9,17-18,20,23-25,27,31-34H,1,3,8,10-16,19,21-22H2,2,4-6H3,(H,41,45)/t25-,27-,31-,32+,33+,34+/m1/s1. The molecule has 0 unspecified atom stereocenters. The number of likely N-dealkylation sites (tertiary alicyclic amines) is 1. The van der Waals surface area contributed by atoms with E-state index in [2.05, 4.69) is 23.5 Å². The fourth-order valence-corrected chi connectivity index (χ4v) is 7.21. The van der Waals surface area contributed by atoms with Crippen molar-refractivity contribution in [1.82, 2.24) is 20.2 Å². The summed E-state index contributed by atoms with van der Waals surface area (Å²) < 4.78 is 23.5. The molecule has 2 saturated carbocycles. The van der Waals surface area contributed by atoms with Crippen LogP contribution in [-0.2, 0) is 19.1 Å². The van der Waals surface area contributed by atoms with E-state index < -0.39 is 36.2 Å². The maximum Gasteiger partial charge on any atom is 0.408 e. The van der Waals surface area contributed by atoms with Crippen LogP contribution in [0.5, 0.6) is 11.6 Å². The molecular formula is C38H52N4O7. The van der Waals surface area contributed by atoms with Crippen LogP contribution < -0.4 is 14.8 Å². The smallest absolute Gasteiger partial charge is 0.408 e. The lowest BCUT2D eigenvalue weighted by Crippen LogP contribution is -2.55. The van der Waals surface area contributed by atoms with Crippen molar-refractivity contribution in [1.29, 1.82) is 0 Å². The second-order valence-electron chi connectivity index (χ2n) is 14.0. The number of ether oxygens (including phenoxy) is 4. The van der Waals surface area contributed by atoms with Gasteiger partial charge in [0.1, 0.15) is 35.7 Å². The number of fused-ring (bicyclic) bond motifs is 1. The Bertz CT molecular complexity index is 1510. The number of hydrogen-bond donors (Lipinski definition) is 1. The quantitative estimate of drug-likeness (QED) is 0.120. The molecule has 11 nitrogen and oxygen atoms in total. The number of carbonyl (C=O) groups is 3. The zero-order valence-electron chi connectivity index (χ0n) is 29.4. The highest BCUT2D eigenvalue weighted by Gasteiger charge is 2.52. The fourth-order valence-electron chi connectivity index (χ4n) is 7.21. The predicted molar refractivity (Wildman–Crippen MR) is 187 cm³/mol. The lowest BCUT2D eigenvalue weighted by Gasteiger charge is -2.32. The van der Waals surface area contributed by atoms with E-state index >= 15 is 0 Å². The summed E-state index contributed by atoms with van der Waals surface area (Å²) in [7, 11) is 1.58. The summed E-state index contributed by atoms with van der Waals surface area (Å²) in [6.45, 7) is 13.9. The number of benzene rings is 1. The number of aromatic nitrogens is 2. The van der Waals surface area contributed by atoms with E-state index in [0.717, 1.165) is 51.4 Å². The summed E-state index contributed by atoms with van der Waals surface area (Å²) in [5.74, 6) is 0.0731. The number of nitrogens with zero attached hydrogens (tertiary/aromatic N) is 3. The van der Waals surface area contributed by atoms with E-state index in [9.17, 15) is 14.4 Å². The number of rotatable bonds is 16. The summed E-state index contributed by atoms with van der Waals surface area (Å²) in [6.07, 6.45) is 9.99. The minimum Gasteiger partial charge on any atom is -0.497 e. The average molecular weight is 677 g/mol. The number of carbonyl (C=O) groups excluding carboxylic acids is 3. The molecule has 1 aromatic heterocycles. The molecule has 3 fully saturated rings. The Kier molecular flexibility index (Phi) is 12.2. The molecule has 5 rings (SSSR count). The normalized spacial score (nSPS) is 24.0. The van der Waals surface area contributed by atoms with Gasteiger partial charge in [-0.15, -0.1) is 6.58 Å². The predicted octanol–water partition coefficient (Wildman–Crippen LogP) is 6.49. The van der Waals surface area contributed by atoms with Crippen molar-refractivity contribution in [2.45, 2.75) is 103 Å². The van der Waals surface area contributed by atoms with E-state index in [0.29, 0.717) is 34.8 Å². The number of nitrogens with one attached hydrogen (secondary N) is 1. The van der Waals surface area contributed by atoms with Gasteiger partial charge in [-0.1, -0.05) is 46.3 Å². The molecular weight excluding hydrogens is 624 g/mol. The maximum atomic E-state index is 14.6. The number of methoxy groups -OCH3 is 1. The Hall–Kier alpha value is -4.15. The number of alkyl carbamates (subject to hydrolysis) is 1. The minimum atomic E-state index is -0.902. The second-order valence-corrected chi connectivity index (χ2v) is 14.0. The van der Waals surface area contributed by atoms with Crippen LogP contribution in [0.2, 0.25) is 0 Å². The topological polar surface area (TPSA) is 129 Å². The van der Waals surface area contributed by atoms with Gasteiger partial charge >= 0.3 is 12.1 Å². The van der Waals surface area contributed by atoms with Gasteiger partial charge in [0.2, 0.25) is 11.8 Å². The van der Waals surface area contributed by atoms with Crippen LogP contribution in [0.15, 0.2) is 37.4 Å². The van der Waals surface area contributed by atoms with Crippen molar-refractivity contribution in [3.8, 4) is 11.6 Å². The zero-order valence-corrected chi connectivity index (χ0v) is 29.4. The van der Waals surface area contributed by atoms with Crippen molar-refractivity contribution < 1.29 is 33.3 Å². The van der Waals surface area contributed by atoms with Gasteiger partial charge in [0.25, 0.3) is 0 Å². The third kappa shape index (κ3) is 8.72. The maximum absolute atomic E-state index is 14.6. The fraction of sp³-hybridized carbons (Fsp3) is 0.605. The molecule has 2 amide bonds. The largest absolute Gasteiger partial charge is 0.497 e. The summed E-state index contributed by atoms with van der Waals surface area (Å²) in [5.41, 5.74) is 1.68. The summed E-state index contributed by atoms with van der Waals surface area (Å²) in [4.78, 5) is 52.7. The Labute approximate surface area is 289 Å². The van der Waals surface area contributed by atoms with Crippen LogP contribution in [0.25, 0.3) is 17.1 Å². The van der Waals surface area contributed by atoms with Crippen molar-refractivity contribution in [2.24, 2.45) is 23.7 Å². The summed E-state index contributed by atoms with van der Waals surface area (Å²) >= 11 is 0. The molecule has 266 valence electrons. The van der Waals surface area contributed by atoms with Crippen LogP contribution in [0.4, 0.5) is 4.79 Å². The second kappa shape index (κ2) is 16.5. The van der Waals surface area contributed by atoms with Gasteiger partial charge in [0, 0.05) is 12.0 Å². The molecule has 2 aromatic rings. The van der Waals surface area contributed by atoms with E-state index in [-0.39, 0.29) is 42.9 Å². The Morgan fingerprint density at radius 3 is 2.55 bits per heavy atom. The van der Waals surface area contributed by atoms with Crippen molar-refractivity contribution in [2.75, 3.05) is 20.3 Å². The van der Waals surface area contributed by atoms with Gasteiger partial charge in [0.15, 0.2) is 0 Å². The lowest BCUT2D eigenvalue weighted by molar-refractivity contribution is -0.156. The van der Waals surface area contributed by atoms with Crippen molar-refractivity contribution in [3.63, 3.8) is 0 Å². The number of hydrogen-bond acceptors (Lipinski definition) is 9. The first kappa shape index (κ1) is 36.1. The van der Waals surface area contributed by atoms with E-state index in [1.54, 1.807) is 24.2 Å². The highest BCUT2D eigenvalue weighted by Crippen LogP contribution is 2.39. The molecule has 1 saturated heterocycles. The molecule has 1 aromatic carbocycles. The molecule has 0 bridgehead atoms. The molecule has 2 heterocycles. The highest BCUT2D eigenvalue weighted by atomic mass is 16.6. The SMILES string of the molecule is C=CCCC[C@@H]1C[C@H]1OC(=O)N[C@H](C(=O)N1C[C@H](Oc2nc3cc(OC)ccc3nc2C=C)[C@@H](CC)[C@H]1C(=O)OCC(C)C)C1CCCC1. The monoisotopic (exact) mass is 676 g/mol. The summed E-state index contributed by atoms with van der Waals surface area (Å²) in [5, 5.41) is 2.94. The first-order valence-electron chi connectivity index (χ1n) is 17.9. The number of allylic oxidation sites excluding steroid dienone is 1. The molecule has 49 heavy (non-hydrogen) atoms. The lowest BCUT2D eigenvalue weighted by atomic mass is 9.93. The van der Waals surface area contributed by atoms with Gasteiger partial charge in [-0.25, -0.2) is 19.6 Å². The van der Waals surface area contributed by atoms with Gasteiger partial charge in [0.05, 0.1) is 31.3 Å². The molecule has 0 radical (unpaired) electrons. The molecule has 1 aliphatic heterocycles. The van der Waals surface area contributed by atoms with E-state index in [1.807, 2.05) is 39.0 Å². The van der Waals surface area contributed by atoms with E-state index in [4.69, 9.17) is 23.9 Å². The van der Waals surface area contributed by atoms with Crippen LogP contribution in [0.1, 0.15) is 84.3 Å². The van der Waals surface area contributed by atoms with E-state index in [1.165, 1.54) is 0 Å². The zero-order chi connectivity index (χ0) is 35.1. The number of unbranched alkanes of at least 4 members (excludes halogenated alkanes) is 1. The average Bonchev–Trinajstić information content (AvgIpc) is 3.44. The first-order chi connectivity index (χ1) is 23.7. The Morgan fingerprint density at radius 1 is 1.10 bits per heavy atom. The van der Waals surface area contributed by atoms with Crippen molar-refractivity contribution in [3.05, 3.63) is 43.1 Å². The first-order valence-corrected chi connectivity index (χ1v) is 17.9. The number of esters is 1. The Morgan fingerprint density at radius 2 is 1.88 bits per heavy atom. The van der Waals surface area contributed by atoms with Crippen molar-refractivity contribution >= 4 is 35.1 Å². The molecule has 11 heteroatoms. The van der Waals surface area contributed by atoms with Gasteiger partial charge in [-0.2, -0.15) is 0 Å². The van der Waals surface area contributed by atoms with Crippen LogP contribution in [0.3, 0.4) is 0 Å².